The van der Waals surface area contributed by atoms with Crippen LogP contribution in [0.15, 0.2) is 18.2 Å². The second-order valence-corrected chi connectivity index (χ2v) is 5.94. The largest absolute Gasteiger partial charge is 0.378 e. The number of hydrogen-bond acceptors (Lipinski definition) is 3. The van der Waals surface area contributed by atoms with E-state index in [2.05, 4.69) is 24.4 Å². The summed E-state index contributed by atoms with van der Waals surface area (Å²) in [4.78, 5) is 12.1. The smallest absolute Gasteiger partial charge is 0.251 e. The predicted molar refractivity (Wildman–Crippen MR) is 77.5 cm³/mol. The number of ether oxygens (including phenoxy) is 1. The summed E-state index contributed by atoms with van der Waals surface area (Å²) in [7, 11) is 0. The van der Waals surface area contributed by atoms with E-state index < -0.39 is 0 Å². The van der Waals surface area contributed by atoms with Gasteiger partial charge in [0.1, 0.15) is 0 Å². The van der Waals surface area contributed by atoms with Crippen LogP contribution in [0.3, 0.4) is 0 Å². The van der Waals surface area contributed by atoms with Crippen molar-refractivity contribution >= 4 is 5.91 Å². The second kappa shape index (κ2) is 5.54. The Labute approximate surface area is 119 Å². The maximum absolute atomic E-state index is 12.1. The Balaban J connectivity index is 1.86. The maximum atomic E-state index is 12.1. The summed E-state index contributed by atoms with van der Waals surface area (Å²) >= 11 is 0. The summed E-state index contributed by atoms with van der Waals surface area (Å²) in [6.45, 7) is 3.55. The topological polar surface area (TPSA) is 64.4 Å². The molecule has 0 bridgehead atoms. The lowest BCUT2D eigenvalue weighted by Crippen LogP contribution is -2.25. The van der Waals surface area contributed by atoms with Gasteiger partial charge in [-0.15, -0.1) is 0 Å². The molecule has 3 unspecified atom stereocenters. The number of benzene rings is 1. The van der Waals surface area contributed by atoms with E-state index in [1.807, 2.05) is 6.07 Å². The zero-order chi connectivity index (χ0) is 14.1. The van der Waals surface area contributed by atoms with Gasteiger partial charge in [-0.2, -0.15) is 0 Å². The molecule has 4 heteroatoms. The van der Waals surface area contributed by atoms with Crippen molar-refractivity contribution in [1.82, 2.24) is 5.32 Å². The minimum atomic E-state index is -0.0543. The Morgan fingerprint density at radius 2 is 2.30 bits per heavy atom. The average molecular weight is 274 g/mol. The first-order valence-electron chi connectivity index (χ1n) is 7.43. The van der Waals surface area contributed by atoms with Crippen LogP contribution in [0.5, 0.6) is 0 Å². The van der Waals surface area contributed by atoms with Gasteiger partial charge >= 0.3 is 0 Å². The van der Waals surface area contributed by atoms with Crippen molar-refractivity contribution in [2.45, 2.75) is 38.3 Å². The van der Waals surface area contributed by atoms with Crippen LogP contribution in [-0.4, -0.2) is 25.2 Å². The van der Waals surface area contributed by atoms with Gasteiger partial charge in [-0.3, -0.25) is 4.79 Å². The van der Waals surface area contributed by atoms with Crippen LogP contribution >= 0.6 is 0 Å². The molecule has 2 heterocycles. The van der Waals surface area contributed by atoms with Crippen LogP contribution in [-0.2, 0) is 11.2 Å². The summed E-state index contributed by atoms with van der Waals surface area (Å²) < 4.78 is 5.60. The molecule has 4 nitrogen and oxygen atoms in total. The standard InChI is InChI=1S/C16H22N2O2/c1-10-7-13(9-20-10)15(17)12-5-4-11-3-2-6-18-16(19)14(11)8-12/h4-5,8,10,13,15H,2-3,6-7,9,17H2,1H3,(H,18,19). The Kier molecular flexibility index (Phi) is 3.76. The molecule has 0 spiro atoms. The number of carbonyl (C=O) groups excluding carboxylic acids is 1. The monoisotopic (exact) mass is 274 g/mol. The third kappa shape index (κ3) is 2.58. The number of nitrogens with one attached hydrogen (secondary N) is 1. The number of aryl methyl sites for hydroxylation is 1. The molecule has 1 fully saturated rings. The lowest BCUT2D eigenvalue weighted by Gasteiger charge is -2.19. The van der Waals surface area contributed by atoms with Crippen molar-refractivity contribution in [3.63, 3.8) is 0 Å². The number of amides is 1. The third-order valence-corrected chi connectivity index (χ3v) is 4.41. The van der Waals surface area contributed by atoms with E-state index in [4.69, 9.17) is 10.5 Å². The van der Waals surface area contributed by atoms with Gasteiger partial charge in [-0.05, 0) is 43.4 Å². The predicted octanol–water partition coefficient (Wildman–Crippen LogP) is 1.79. The van der Waals surface area contributed by atoms with E-state index in [1.54, 1.807) is 0 Å². The summed E-state index contributed by atoms with van der Waals surface area (Å²) in [5.41, 5.74) is 9.34. The van der Waals surface area contributed by atoms with Crippen LogP contribution in [0.4, 0.5) is 0 Å². The fourth-order valence-corrected chi connectivity index (χ4v) is 3.18. The summed E-state index contributed by atoms with van der Waals surface area (Å²) in [6, 6.07) is 6.06. The zero-order valence-electron chi connectivity index (χ0n) is 11.9. The molecule has 0 radical (unpaired) electrons. The summed E-state index contributed by atoms with van der Waals surface area (Å²) in [5.74, 6) is 0.375. The van der Waals surface area contributed by atoms with Gasteiger partial charge in [0.05, 0.1) is 12.7 Å². The molecule has 3 rings (SSSR count). The van der Waals surface area contributed by atoms with Crippen LogP contribution < -0.4 is 11.1 Å². The van der Waals surface area contributed by atoms with E-state index in [0.717, 1.165) is 42.5 Å². The van der Waals surface area contributed by atoms with E-state index in [1.165, 1.54) is 0 Å². The average Bonchev–Trinajstić information content (AvgIpc) is 2.80. The number of fused-ring (bicyclic) bond motifs is 1. The minimum Gasteiger partial charge on any atom is -0.378 e. The van der Waals surface area contributed by atoms with Crippen molar-refractivity contribution < 1.29 is 9.53 Å². The third-order valence-electron chi connectivity index (χ3n) is 4.41. The molecule has 1 saturated heterocycles. The fraction of sp³-hybridized carbons (Fsp3) is 0.562. The molecule has 0 saturated carbocycles. The van der Waals surface area contributed by atoms with Gasteiger partial charge in [-0.25, -0.2) is 0 Å². The van der Waals surface area contributed by atoms with E-state index in [-0.39, 0.29) is 18.1 Å². The van der Waals surface area contributed by atoms with Gasteiger partial charge in [-0.1, -0.05) is 12.1 Å². The molecular weight excluding hydrogens is 252 g/mol. The van der Waals surface area contributed by atoms with Gasteiger partial charge in [0.2, 0.25) is 0 Å². The number of rotatable bonds is 2. The van der Waals surface area contributed by atoms with Crippen LogP contribution in [0.1, 0.15) is 47.3 Å². The lowest BCUT2D eigenvalue weighted by molar-refractivity contribution is 0.0956. The number of carbonyl (C=O) groups is 1. The van der Waals surface area contributed by atoms with Crippen LogP contribution in [0.2, 0.25) is 0 Å². The second-order valence-electron chi connectivity index (χ2n) is 5.94. The zero-order valence-corrected chi connectivity index (χ0v) is 11.9. The molecule has 0 aromatic heterocycles. The summed E-state index contributed by atoms with van der Waals surface area (Å²) in [6.07, 6.45) is 3.23. The highest BCUT2D eigenvalue weighted by atomic mass is 16.5. The highest BCUT2D eigenvalue weighted by Gasteiger charge is 2.29. The molecule has 3 N–H and O–H groups in total. The van der Waals surface area contributed by atoms with Gasteiger partial charge < -0.3 is 15.8 Å². The highest BCUT2D eigenvalue weighted by molar-refractivity contribution is 5.96. The fourth-order valence-electron chi connectivity index (χ4n) is 3.18. The maximum Gasteiger partial charge on any atom is 0.251 e. The Hall–Kier alpha value is -1.39. The summed E-state index contributed by atoms with van der Waals surface area (Å²) in [5, 5.41) is 2.94. The molecule has 3 atom stereocenters. The van der Waals surface area contributed by atoms with Gasteiger partial charge in [0.25, 0.3) is 5.91 Å². The van der Waals surface area contributed by atoms with Gasteiger partial charge in [0.15, 0.2) is 0 Å². The first-order valence-corrected chi connectivity index (χ1v) is 7.43. The van der Waals surface area contributed by atoms with Crippen LogP contribution in [0.25, 0.3) is 0 Å². The van der Waals surface area contributed by atoms with Crippen molar-refractivity contribution in [1.29, 1.82) is 0 Å². The minimum absolute atomic E-state index is 0.0302. The molecule has 1 aromatic carbocycles. The SMILES string of the molecule is CC1CC(C(N)c2ccc3c(c2)C(=O)NCCC3)CO1. The molecule has 2 aliphatic heterocycles. The number of nitrogens with two attached hydrogens (primary N) is 1. The van der Waals surface area contributed by atoms with Crippen molar-refractivity contribution in [2.24, 2.45) is 11.7 Å². The molecule has 108 valence electrons. The Morgan fingerprint density at radius 3 is 3.05 bits per heavy atom. The van der Waals surface area contributed by atoms with Crippen molar-refractivity contribution in [2.75, 3.05) is 13.2 Å². The van der Waals surface area contributed by atoms with E-state index in [9.17, 15) is 4.79 Å². The molecule has 0 aliphatic carbocycles. The van der Waals surface area contributed by atoms with Crippen molar-refractivity contribution in [3.05, 3.63) is 34.9 Å². The molecule has 1 amide bonds. The van der Waals surface area contributed by atoms with Crippen molar-refractivity contribution in [3.8, 4) is 0 Å². The highest BCUT2D eigenvalue weighted by Crippen LogP contribution is 2.31. The first-order chi connectivity index (χ1) is 9.65. The Bertz CT molecular complexity index is 515. The molecule has 20 heavy (non-hydrogen) atoms. The quantitative estimate of drug-likeness (QED) is 0.864. The molecular formula is C16H22N2O2. The normalized spacial score (nSPS) is 27.6. The Morgan fingerprint density at radius 1 is 1.45 bits per heavy atom. The van der Waals surface area contributed by atoms with E-state index in [0.29, 0.717) is 12.5 Å². The molecule has 1 aromatic rings. The first kappa shape index (κ1) is 13.6. The van der Waals surface area contributed by atoms with Crippen LogP contribution in [0, 0.1) is 5.92 Å². The van der Waals surface area contributed by atoms with E-state index >= 15 is 0 Å². The van der Waals surface area contributed by atoms with Gasteiger partial charge in [0, 0.05) is 24.1 Å². The number of hydrogen-bond donors (Lipinski definition) is 2. The lowest BCUT2D eigenvalue weighted by atomic mass is 9.89. The molecule has 2 aliphatic rings.